The zero-order chi connectivity index (χ0) is 13.3. The number of aromatic hydroxyl groups is 1. The highest BCUT2D eigenvalue weighted by molar-refractivity contribution is 9.11. The fourth-order valence-corrected chi connectivity index (χ4v) is 2.88. The smallest absolute Gasteiger partial charge is 0.322 e. The van der Waals surface area contributed by atoms with Crippen LogP contribution in [0.4, 0.5) is 0 Å². The number of amides is 1. The maximum Gasteiger partial charge on any atom is 0.322 e. The molecule has 6 nitrogen and oxygen atoms in total. The number of aromatic nitrogens is 1. The van der Waals surface area contributed by atoms with Crippen LogP contribution in [0.2, 0.25) is 0 Å². The molecule has 2 aromatic heterocycles. The number of nitrogens with one attached hydrogen (secondary N) is 1. The Balaban J connectivity index is 2.36. The second-order valence-corrected chi connectivity index (χ2v) is 5.82. The molecule has 2 heterocycles. The molecule has 2 rings (SSSR count). The van der Waals surface area contributed by atoms with E-state index in [0.717, 1.165) is 8.49 Å². The van der Waals surface area contributed by atoms with Gasteiger partial charge in [0.1, 0.15) is 6.54 Å². The number of aliphatic carboxylic acids is 1. The van der Waals surface area contributed by atoms with E-state index in [1.165, 1.54) is 17.5 Å². The van der Waals surface area contributed by atoms with Gasteiger partial charge in [0.05, 0.1) is 8.49 Å². The molecule has 8 heteroatoms. The van der Waals surface area contributed by atoms with Crippen LogP contribution in [-0.4, -0.2) is 33.6 Å². The van der Waals surface area contributed by atoms with Gasteiger partial charge in [-0.05, 0) is 22.0 Å². The van der Waals surface area contributed by atoms with Gasteiger partial charge < -0.3 is 15.5 Å². The predicted molar refractivity (Wildman–Crippen MR) is 69.0 cm³/mol. The zero-order valence-corrected chi connectivity index (χ0v) is 11.2. The van der Waals surface area contributed by atoms with Crippen LogP contribution >= 0.6 is 27.3 Å². The van der Waals surface area contributed by atoms with Gasteiger partial charge >= 0.3 is 5.97 Å². The van der Waals surface area contributed by atoms with Crippen LogP contribution < -0.4 is 5.32 Å². The lowest BCUT2D eigenvalue weighted by Gasteiger charge is -2.04. The lowest BCUT2D eigenvalue weighted by molar-refractivity contribution is -0.135. The van der Waals surface area contributed by atoms with Gasteiger partial charge in [0, 0.05) is 11.6 Å². The highest BCUT2D eigenvalue weighted by Crippen LogP contribution is 2.35. The van der Waals surface area contributed by atoms with Crippen molar-refractivity contribution in [3.63, 3.8) is 0 Å². The summed E-state index contributed by atoms with van der Waals surface area (Å²) in [6.45, 7) is -0.522. The molecule has 0 unspecified atom stereocenters. The summed E-state index contributed by atoms with van der Waals surface area (Å²) in [6, 6.07) is 1.67. The molecule has 2 aromatic rings. The van der Waals surface area contributed by atoms with Gasteiger partial charge in [-0.25, -0.2) is 4.98 Å². The molecule has 0 radical (unpaired) electrons. The van der Waals surface area contributed by atoms with Crippen molar-refractivity contribution in [2.75, 3.05) is 6.54 Å². The molecule has 18 heavy (non-hydrogen) atoms. The lowest BCUT2D eigenvalue weighted by Crippen LogP contribution is -2.29. The van der Waals surface area contributed by atoms with Crippen LogP contribution in [0.3, 0.4) is 0 Å². The van der Waals surface area contributed by atoms with Crippen molar-refractivity contribution in [2.24, 2.45) is 0 Å². The summed E-state index contributed by atoms with van der Waals surface area (Å²) in [5.41, 5.74) is -0.186. The average molecular weight is 331 g/mol. The lowest BCUT2D eigenvalue weighted by atomic mass is 10.2. The summed E-state index contributed by atoms with van der Waals surface area (Å²) in [6.07, 6.45) is 1.46. The summed E-state index contributed by atoms with van der Waals surface area (Å²) >= 11 is 4.64. The molecule has 0 fully saturated rings. The normalized spacial score (nSPS) is 10.5. The quantitative estimate of drug-likeness (QED) is 0.793. The summed E-state index contributed by atoms with van der Waals surface area (Å²) < 4.78 is 1.53. The Labute approximate surface area is 113 Å². The molecule has 1 amide bonds. The number of carbonyl (C=O) groups is 2. The van der Waals surface area contributed by atoms with E-state index in [9.17, 15) is 14.7 Å². The van der Waals surface area contributed by atoms with Gasteiger partial charge in [-0.3, -0.25) is 9.59 Å². The number of pyridine rings is 1. The third-order valence-electron chi connectivity index (χ3n) is 2.14. The first-order valence-electron chi connectivity index (χ1n) is 4.76. The second kappa shape index (κ2) is 4.91. The van der Waals surface area contributed by atoms with Crippen LogP contribution in [0.5, 0.6) is 5.75 Å². The van der Waals surface area contributed by atoms with Gasteiger partial charge in [0.2, 0.25) is 0 Å². The maximum atomic E-state index is 11.6. The molecular formula is C10H7BrN2O4S. The van der Waals surface area contributed by atoms with E-state index in [-0.39, 0.29) is 11.4 Å². The topological polar surface area (TPSA) is 99.5 Å². The van der Waals surface area contributed by atoms with Crippen LogP contribution in [0.25, 0.3) is 10.1 Å². The predicted octanol–water partition coefficient (Wildman–Crippen LogP) is 1.58. The summed E-state index contributed by atoms with van der Waals surface area (Å²) in [5, 5.41) is 21.0. The molecule has 0 atom stereocenters. The van der Waals surface area contributed by atoms with E-state index >= 15 is 0 Å². The van der Waals surface area contributed by atoms with E-state index < -0.39 is 18.4 Å². The standard InChI is InChI=1S/C10H7BrN2O4S/c11-6-1-4-5(18-6)2-12-8(9(4)16)10(17)13-3-7(14)15/h1-2,16H,3H2,(H,13,17)(H,14,15). The minimum absolute atomic E-state index is 0.186. The fraction of sp³-hybridized carbons (Fsp3) is 0.100. The van der Waals surface area contributed by atoms with Crippen LogP contribution in [0, 0.1) is 0 Å². The number of carboxylic acids is 1. The number of carbonyl (C=O) groups excluding carboxylic acids is 1. The number of thiophene rings is 1. The first kappa shape index (κ1) is 12.8. The molecular weight excluding hydrogens is 324 g/mol. The van der Waals surface area contributed by atoms with Gasteiger partial charge in [0.15, 0.2) is 11.4 Å². The Morgan fingerprint density at radius 3 is 2.89 bits per heavy atom. The maximum absolute atomic E-state index is 11.6. The highest BCUT2D eigenvalue weighted by Gasteiger charge is 2.17. The third kappa shape index (κ3) is 2.44. The Bertz CT molecular complexity index is 640. The van der Waals surface area contributed by atoms with Crippen LogP contribution in [-0.2, 0) is 4.79 Å². The van der Waals surface area contributed by atoms with E-state index in [1.54, 1.807) is 6.07 Å². The molecule has 0 bridgehead atoms. The Morgan fingerprint density at radius 2 is 2.22 bits per heavy atom. The van der Waals surface area contributed by atoms with Crippen LogP contribution in [0.15, 0.2) is 16.0 Å². The Kier molecular flexibility index (Phi) is 3.48. The van der Waals surface area contributed by atoms with E-state index in [1.807, 2.05) is 0 Å². The molecule has 0 aliphatic rings. The van der Waals surface area contributed by atoms with Crippen molar-refractivity contribution in [3.8, 4) is 5.75 Å². The summed E-state index contributed by atoms with van der Waals surface area (Å²) in [7, 11) is 0. The van der Waals surface area contributed by atoms with Crippen molar-refractivity contribution in [3.05, 3.63) is 21.7 Å². The van der Waals surface area contributed by atoms with Gasteiger partial charge in [-0.1, -0.05) is 0 Å². The monoisotopic (exact) mass is 330 g/mol. The third-order valence-corrected chi connectivity index (χ3v) is 3.71. The van der Waals surface area contributed by atoms with Gasteiger partial charge in [0.25, 0.3) is 5.91 Å². The number of rotatable bonds is 3. The average Bonchev–Trinajstić information content (AvgIpc) is 2.68. The van der Waals surface area contributed by atoms with E-state index in [2.05, 4.69) is 26.2 Å². The van der Waals surface area contributed by atoms with Crippen molar-refractivity contribution >= 4 is 49.2 Å². The van der Waals surface area contributed by atoms with Gasteiger partial charge in [-0.15, -0.1) is 11.3 Å². The first-order valence-corrected chi connectivity index (χ1v) is 6.37. The molecule has 0 aromatic carbocycles. The molecule has 0 aliphatic carbocycles. The van der Waals surface area contributed by atoms with E-state index in [4.69, 9.17) is 5.11 Å². The molecule has 0 saturated carbocycles. The molecule has 3 N–H and O–H groups in total. The largest absolute Gasteiger partial charge is 0.505 e. The molecule has 0 spiro atoms. The van der Waals surface area contributed by atoms with Crippen molar-refractivity contribution in [2.45, 2.75) is 0 Å². The minimum atomic E-state index is -1.16. The molecule has 0 saturated heterocycles. The molecule has 0 aliphatic heterocycles. The number of hydrogen-bond acceptors (Lipinski definition) is 5. The Hall–Kier alpha value is -1.67. The van der Waals surface area contributed by atoms with Gasteiger partial charge in [-0.2, -0.15) is 0 Å². The summed E-state index contributed by atoms with van der Waals surface area (Å²) in [5.74, 6) is -2.14. The number of halogens is 1. The number of carboxylic acid groups (broad SMARTS) is 1. The number of fused-ring (bicyclic) bond motifs is 1. The number of nitrogens with zero attached hydrogens (tertiary/aromatic N) is 1. The number of hydrogen-bond donors (Lipinski definition) is 3. The zero-order valence-electron chi connectivity index (χ0n) is 8.81. The SMILES string of the molecule is O=C(O)CNC(=O)c1ncc2sc(Br)cc2c1O. The van der Waals surface area contributed by atoms with Crippen molar-refractivity contribution < 1.29 is 19.8 Å². The second-order valence-electron chi connectivity index (χ2n) is 3.36. The minimum Gasteiger partial charge on any atom is -0.505 e. The first-order chi connectivity index (χ1) is 8.49. The summed E-state index contributed by atoms with van der Waals surface area (Å²) in [4.78, 5) is 25.8. The Morgan fingerprint density at radius 1 is 1.50 bits per heavy atom. The molecule has 94 valence electrons. The van der Waals surface area contributed by atoms with Crippen molar-refractivity contribution in [1.29, 1.82) is 0 Å². The van der Waals surface area contributed by atoms with Crippen molar-refractivity contribution in [1.82, 2.24) is 10.3 Å². The highest BCUT2D eigenvalue weighted by atomic mass is 79.9. The van der Waals surface area contributed by atoms with Crippen LogP contribution in [0.1, 0.15) is 10.5 Å². The fourth-order valence-electron chi connectivity index (χ4n) is 1.37. The van der Waals surface area contributed by atoms with E-state index in [0.29, 0.717) is 5.39 Å².